The van der Waals surface area contributed by atoms with Crippen molar-refractivity contribution < 1.29 is 9.90 Å². The molecule has 0 spiro atoms. The van der Waals surface area contributed by atoms with Gasteiger partial charge in [0.15, 0.2) is 0 Å². The molecular weight excluding hydrogens is 144 g/mol. The second-order valence-corrected chi connectivity index (χ2v) is 2.20. The maximum absolute atomic E-state index is 9.37. The van der Waals surface area contributed by atoms with E-state index in [0.717, 1.165) is 12.8 Å². The zero-order valence-corrected chi connectivity index (χ0v) is 7.21. The third-order valence-electron chi connectivity index (χ3n) is 0.924. The summed E-state index contributed by atoms with van der Waals surface area (Å²) in [5.41, 5.74) is 10.4. The van der Waals surface area contributed by atoms with E-state index in [-0.39, 0.29) is 12.6 Å². The number of carbonyl (C=O) groups is 1. The van der Waals surface area contributed by atoms with E-state index >= 15 is 0 Å². The number of hydrogen-bond donors (Lipinski definition) is 3. The smallest absolute Gasteiger partial charge is 0.303 e. The molecule has 0 aliphatic carbocycles. The van der Waals surface area contributed by atoms with Crippen LogP contribution in [0.25, 0.3) is 0 Å². The van der Waals surface area contributed by atoms with E-state index in [2.05, 4.69) is 6.92 Å². The lowest BCUT2D eigenvalue weighted by Gasteiger charge is -1.97. The highest BCUT2D eigenvalue weighted by atomic mass is 16.4. The summed E-state index contributed by atoms with van der Waals surface area (Å²) in [5.74, 6) is -0.745. The molecule has 0 atom stereocenters. The van der Waals surface area contributed by atoms with Crippen molar-refractivity contribution in [3.63, 3.8) is 0 Å². The van der Waals surface area contributed by atoms with Crippen LogP contribution in [0.15, 0.2) is 0 Å². The Bertz CT molecular complexity index is 94.4. The highest BCUT2D eigenvalue weighted by Gasteiger charge is 1.85. The molecule has 0 saturated heterocycles. The Morgan fingerprint density at radius 3 is 1.82 bits per heavy atom. The summed E-state index contributed by atoms with van der Waals surface area (Å²) >= 11 is 0. The number of aliphatic carboxylic acids is 1. The molecule has 0 bridgehead atoms. The number of carboxylic acids is 1. The predicted octanol–water partition coefficient (Wildman–Crippen LogP) is 0.511. The van der Waals surface area contributed by atoms with Gasteiger partial charge in [-0.1, -0.05) is 20.3 Å². The van der Waals surface area contributed by atoms with Crippen molar-refractivity contribution in [1.82, 2.24) is 0 Å². The molecule has 0 saturated carbocycles. The van der Waals surface area contributed by atoms with Gasteiger partial charge in [-0.3, -0.25) is 4.79 Å². The lowest BCUT2D eigenvalue weighted by molar-refractivity contribution is -0.136. The third kappa shape index (κ3) is 26.6. The summed E-state index contributed by atoms with van der Waals surface area (Å²) in [6.45, 7) is 3.66. The summed E-state index contributed by atoms with van der Waals surface area (Å²) < 4.78 is 0. The Balaban J connectivity index is 0. The first-order valence-electron chi connectivity index (χ1n) is 3.77. The van der Waals surface area contributed by atoms with Crippen LogP contribution in [0.4, 0.5) is 0 Å². The summed E-state index contributed by atoms with van der Waals surface area (Å²) in [6, 6.07) is 0. The van der Waals surface area contributed by atoms with Crippen LogP contribution in [0.2, 0.25) is 0 Å². The second-order valence-electron chi connectivity index (χ2n) is 2.20. The van der Waals surface area contributed by atoms with Crippen molar-refractivity contribution >= 4 is 5.97 Å². The molecule has 0 aromatic heterocycles. The van der Waals surface area contributed by atoms with Gasteiger partial charge in [0.1, 0.15) is 0 Å². The van der Waals surface area contributed by atoms with Crippen LogP contribution in [0.1, 0.15) is 33.1 Å². The van der Waals surface area contributed by atoms with E-state index in [1.54, 1.807) is 6.92 Å². The quantitative estimate of drug-likeness (QED) is 0.527. The molecule has 0 heterocycles. The first-order chi connectivity index (χ1) is 5.04. The molecule has 0 aliphatic heterocycles. The van der Waals surface area contributed by atoms with Crippen LogP contribution in [-0.2, 0) is 4.79 Å². The van der Waals surface area contributed by atoms with Crippen LogP contribution in [0.3, 0.4) is 0 Å². The van der Waals surface area contributed by atoms with Crippen molar-refractivity contribution in [1.29, 1.82) is 0 Å². The van der Waals surface area contributed by atoms with E-state index < -0.39 is 5.97 Å². The Morgan fingerprint density at radius 1 is 1.45 bits per heavy atom. The molecule has 4 heteroatoms. The van der Waals surface area contributed by atoms with Gasteiger partial charge in [-0.25, -0.2) is 0 Å². The molecule has 0 rings (SSSR count). The maximum Gasteiger partial charge on any atom is 0.303 e. The second kappa shape index (κ2) is 9.39. The number of carboxylic acid groups (broad SMARTS) is 1. The topological polar surface area (TPSA) is 89.3 Å². The first kappa shape index (κ1) is 13.0. The first-order valence-corrected chi connectivity index (χ1v) is 3.77. The van der Waals surface area contributed by atoms with Gasteiger partial charge in [0, 0.05) is 6.42 Å². The van der Waals surface area contributed by atoms with Crippen molar-refractivity contribution in [3.8, 4) is 0 Å². The average Bonchev–Trinajstić information content (AvgIpc) is 1.89. The average molecular weight is 162 g/mol. The predicted molar refractivity (Wildman–Crippen MR) is 45.0 cm³/mol. The van der Waals surface area contributed by atoms with Crippen molar-refractivity contribution in [2.75, 3.05) is 0 Å². The van der Waals surface area contributed by atoms with E-state index in [0.29, 0.717) is 0 Å². The zero-order valence-electron chi connectivity index (χ0n) is 7.21. The summed E-state index contributed by atoms with van der Waals surface area (Å²) in [6.07, 6.45) is 2.13. The zero-order chi connectivity index (χ0) is 9.28. The van der Waals surface area contributed by atoms with Gasteiger partial charge in [-0.05, 0) is 6.42 Å². The molecule has 0 aliphatic rings. The summed E-state index contributed by atoms with van der Waals surface area (Å²) in [7, 11) is 0. The fourth-order valence-electron chi connectivity index (χ4n) is 0.333. The van der Waals surface area contributed by atoms with Gasteiger partial charge in [0.05, 0.1) is 6.17 Å². The SMILES string of the molecule is CCC(=O)O.CCCC(N)N. The van der Waals surface area contributed by atoms with E-state index in [4.69, 9.17) is 16.6 Å². The molecule has 0 fully saturated rings. The number of rotatable bonds is 3. The fraction of sp³-hybridized carbons (Fsp3) is 0.857. The normalized spacial score (nSPS) is 8.82. The van der Waals surface area contributed by atoms with Gasteiger partial charge in [-0.15, -0.1) is 0 Å². The third-order valence-corrected chi connectivity index (χ3v) is 0.924. The van der Waals surface area contributed by atoms with E-state index in [1.165, 1.54) is 0 Å². The minimum absolute atomic E-state index is 0.102. The standard InChI is InChI=1S/C4H12N2.C3H6O2/c1-2-3-4(5)6;1-2-3(4)5/h4H,2-3,5-6H2,1H3;2H2,1H3,(H,4,5). The highest BCUT2D eigenvalue weighted by Crippen LogP contribution is 1.83. The Hall–Kier alpha value is -0.610. The minimum Gasteiger partial charge on any atom is -0.481 e. The van der Waals surface area contributed by atoms with Gasteiger partial charge >= 0.3 is 5.97 Å². The number of hydrogen-bond acceptors (Lipinski definition) is 3. The van der Waals surface area contributed by atoms with Gasteiger partial charge in [0.2, 0.25) is 0 Å². The molecule has 68 valence electrons. The lowest BCUT2D eigenvalue weighted by Crippen LogP contribution is -2.29. The molecule has 5 N–H and O–H groups in total. The Morgan fingerprint density at radius 2 is 1.82 bits per heavy atom. The minimum atomic E-state index is -0.745. The molecule has 0 radical (unpaired) electrons. The van der Waals surface area contributed by atoms with Gasteiger partial charge in [-0.2, -0.15) is 0 Å². The highest BCUT2D eigenvalue weighted by molar-refractivity contribution is 5.66. The van der Waals surface area contributed by atoms with Crippen LogP contribution in [0, 0.1) is 0 Å². The largest absolute Gasteiger partial charge is 0.481 e. The summed E-state index contributed by atoms with van der Waals surface area (Å²) in [5, 5.41) is 7.72. The molecule has 4 nitrogen and oxygen atoms in total. The molecule has 0 unspecified atom stereocenters. The molecule has 0 amide bonds. The lowest BCUT2D eigenvalue weighted by atomic mass is 10.3. The molecular formula is C7H18N2O2. The van der Waals surface area contributed by atoms with Gasteiger partial charge in [0.25, 0.3) is 0 Å². The maximum atomic E-state index is 9.37. The van der Waals surface area contributed by atoms with E-state index in [9.17, 15) is 4.79 Å². The van der Waals surface area contributed by atoms with Crippen LogP contribution in [0.5, 0.6) is 0 Å². The van der Waals surface area contributed by atoms with E-state index in [1.807, 2.05) is 0 Å². The molecule has 11 heavy (non-hydrogen) atoms. The summed E-state index contributed by atoms with van der Waals surface area (Å²) in [4.78, 5) is 9.37. The van der Waals surface area contributed by atoms with Crippen LogP contribution in [-0.4, -0.2) is 17.2 Å². The monoisotopic (exact) mass is 162 g/mol. The van der Waals surface area contributed by atoms with Crippen LogP contribution >= 0.6 is 0 Å². The Kier molecular flexibility index (Phi) is 11.1. The van der Waals surface area contributed by atoms with Crippen LogP contribution < -0.4 is 11.5 Å². The number of nitrogens with two attached hydrogens (primary N) is 2. The van der Waals surface area contributed by atoms with Crippen molar-refractivity contribution in [2.45, 2.75) is 39.3 Å². The Labute approximate surface area is 67.6 Å². The van der Waals surface area contributed by atoms with Crippen molar-refractivity contribution in [3.05, 3.63) is 0 Å². The van der Waals surface area contributed by atoms with Crippen molar-refractivity contribution in [2.24, 2.45) is 11.5 Å². The fourth-order valence-corrected chi connectivity index (χ4v) is 0.333. The van der Waals surface area contributed by atoms with Gasteiger partial charge < -0.3 is 16.6 Å². The molecule has 0 aromatic rings. The molecule has 0 aromatic carbocycles.